The van der Waals surface area contributed by atoms with E-state index in [0.717, 1.165) is 12.8 Å². The fourth-order valence-electron chi connectivity index (χ4n) is 1.68. The number of hydrogen-bond donors (Lipinski definition) is 0. The average Bonchev–Trinajstić information content (AvgIpc) is 2.73. The summed E-state index contributed by atoms with van der Waals surface area (Å²) < 4.78 is 10.5. The number of hydrogen-bond acceptors (Lipinski definition) is 3. The smallest absolute Gasteiger partial charge is 0.338 e. The molecule has 0 aliphatic carbocycles. The minimum Gasteiger partial charge on any atom is -0.459 e. The molecule has 2 unspecified atom stereocenters. The van der Waals surface area contributed by atoms with E-state index in [-0.39, 0.29) is 24.7 Å². The van der Waals surface area contributed by atoms with E-state index in [1.54, 1.807) is 24.3 Å². The Morgan fingerprint density at radius 2 is 2.12 bits per heavy atom. The van der Waals surface area contributed by atoms with Gasteiger partial charge in [-0.15, -0.1) is 0 Å². The van der Waals surface area contributed by atoms with E-state index in [1.165, 1.54) is 0 Å². The molecule has 0 saturated carbocycles. The summed E-state index contributed by atoms with van der Waals surface area (Å²) in [6.45, 7) is 0.279. The van der Waals surface area contributed by atoms with Crippen LogP contribution in [0.3, 0.4) is 0 Å². The van der Waals surface area contributed by atoms with Crippen molar-refractivity contribution in [2.45, 2.75) is 24.9 Å². The Labute approximate surface area is 96.2 Å². The van der Waals surface area contributed by atoms with Crippen molar-refractivity contribution in [2.75, 3.05) is 6.61 Å². The molecule has 1 aromatic carbocycles. The van der Waals surface area contributed by atoms with Gasteiger partial charge in [-0.3, -0.25) is 0 Å². The van der Waals surface area contributed by atoms with Crippen LogP contribution >= 0.6 is 0 Å². The van der Waals surface area contributed by atoms with Gasteiger partial charge < -0.3 is 9.47 Å². The monoisotopic (exact) mass is 216 g/mol. The Morgan fingerprint density at radius 1 is 1.38 bits per heavy atom. The molecule has 0 aromatic heterocycles. The van der Waals surface area contributed by atoms with E-state index in [0.29, 0.717) is 5.56 Å². The number of rotatable bonds is 3. The molecule has 1 aliphatic rings. The molecule has 4 heteroatoms. The van der Waals surface area contributed by atoms with Crippen LogP contribution < -0.4 is 0 Å². The van der Waals surface area contributed by atoms with Gasteiger partial charge in [0.05, 0.1) is 11.7 Å². The second-order valence-electron chi connectivity index (χ2n) is 3.84. The molecule has 1 heterocycles. The van der Waals surface area contributed by atoms with Crippen LogP contribution in [-0.2, 0) is 9.47 Å². The molecule has 1 aliphatic heterocycles. The van der Waals surface area contributed by atoms with E-state index >= 15 is 0 Å². The third kappa shape index (κ3) is 2.86. The molecule has 2 atom stereocenters. The van der Waals surface area contributed by atoms with Crippen molar-refractivity contribution in [1.82, 2.24) is 0 Å². The third-order valence-corrected chi connectivity index (χ3v) is 2.55. The Balaban J connectivity index is 1.80. The molecule has 0 amide bonds. The van der Waals surface area contributed by atoms with Crippen LogP contribution in [0, 0.1) is 0 Å². The van der Waals surface area contributed by atoms with Crippen molar-refractivity contribution in [2.24, 2.45) is 0 Å². The van der Waals surface area contributed by atoms with Crippen LogP contribution in [0.15, 0.2) is 30.3 Å². The molecular formula is C12H13BO3. The summed E-state index contributed by atoms with van der Waals surface area (Å²) in [5.41, 5.74) is 0.560. The lowest BCUT2D eigenvalue weighted by Crippen LogP contribution is -2.19. The molecule has 1 fully saturated rings. The van der Waals surface area contributed by atoms with Crippen LogP contribution in [0.5, 0.6) is 0 Å². The maximum atomic E-state index is 11.6. The Kier molecular flexibility index (Phi) is 3.62. The second-order valence-corrected chi connectivity index (χ2v) is 3.84. The number of carbonyl (C=O) groups is 1. The highest BCUT2D eigenvalue weighted by molar-refractivity contribution is 6.11. The largest absolute Gasteiger partial charge is 0.459 e. The summed E-state index contributed by atoms with van der Waals surface area (Å²) in [5.74, 6) is -0.315. The Bertz CT molecular complexity index is 353. The van der Waals surface area contributed by atoms with E-state index in [1.807, 2.05) is 6.07 Å². The van der Waals surface area contributed by atoms with Crippen molar-refractivity contribution < 1.29 is 14.3 Å². The number of esters is 1. The topological polar surface area (TPSA) is 35.5 Å². The van der Waals surface area contributed by atoms with Gasteiger partial charge in [-0.05, 0) is 25.0 Å². The van der Waals surface area contributed by atoms with Crippen molar-refractivity contribution >= 4 is 13.8 Å². The molecule has 3 nitrogen and oxygen atoms in total. The quantitative estimate of drug-likeness (QED) is 0.567. The van der Waals surface area contributed by atoms with Gasteiger partial charge in [0.25, 0.3) is 0 Å². The van der Waals surface area contributed by atoms with E-state index in [9.17, 15) is 4.79 Å². The number of ether oxygens (including phenoxy) is 2. The van der Waals surface area contributed by atoms with E-state index in [4.69, 9.17) is 17.3 Å². The average molecular weight is 216 g/mol. The molecule has 1 aromatic rings. The lowest BCUT2D eigenvalue weighted by Gasteiger charge is -2.11. The zero-order valence-corrected chi connectivity index (χ0v) is 8.96. The van der Waals surface area contributed by atoms with Crippen molar-refractivity contribution in [3.8, 4) is 0 Å². The Morgan fingerprint density at radius 3 is 2.75 bits per heavy atom. The van der Waals surface area contributed by atoms with E-state index in [2.05, 4.69) is 0 Å². The SMILES string of the molecule is [B]C1CCC(COC(=O)c2ccccc2)O1. The summed E-state index contributed by atoms with van der Waals surface area (Å²) in [6.07, 6.45) is 1.62. The molecule has 0 spiro atoms. The maximum absolute atomic E-state index is 11.6. The first kappa shape index (κ1) is 11.2. The van der Waals surface area contributed by atoms with Gasteiger partial charge in [-0.25, -0.2) is 4.79 Å². The summed E-state index contributed by atoms with van der Waals surface area (Å²) >= 11 is 0. The van der Waals surface area contributed by atoms with E-state index < -0.39 is 0 Å². The zero-order chi connectivity index (χ0) is 11.4. The standard InChI is InChI=1S/C12H13BO3/c13-11-7-6-10(16-11)8-15-12(14)9-4-2-1-3-5-9/h1-5,10-11H,6-8H2. The highest BCUT2D eigenvalue weighted by Gasteiger charge is 2.22. The minimum atomic E-state index is -0.315. The van der Waals surface area contributed by atoms with Gasteiger partial charge in [0, 0.05) is 6.00 Å². The molecule has 0 N–H and O–H groups in total. The molecule has 0 bridgehead atoms. The minimum absolute atomic E-state index is 0.0531. The van der Waals surface area contributed by atoms with Gasteiger partial charge >= 0.3 is 5.97 Å². The van der Waals surface area contributed by atoms with Gasteiger partial charge in [-0.2, -0.15) is 0 Å². The van der Waals surface area contributed by atoms with Crippen LogP contribution in [0.4, 0.5) is 0 Å². The number of carbonyl (C=O) groups excluding carboxylic acids is 1. The van der Waals surface area contributed by atoms with Gasteiger partial charge in [-0.1, -0.05) is 18.2 Å². The maximum Gasteiger partial charge on any atom is 0.338 e. The first-order chi connectivity index (χ1) is 7.75. The van der Waals surface area contributed by atoms with Crippen molar-refractivity contribution in [3.63, 3.8) is 0 Å². The molecule has 82 valence electrons. The molecule has 2 rings (SSSR count). The molecule has 16 heavy (non-hydrogen) atoms. The molecule has 1 saturated heterocycles. The summed E-state index contributed by atoms with van der Waals surface area (Å²) in [4.78, 5) is 11.6. The second kappa shape index (κ2) is 5.17. The van der Waals surface area contributed by atoms with Gasteiger partial charge in [0.2, 0.25) is 0 Å². The van der Waals surface area contributed by atoms with Crippen LogP contribution in [0.1, 0.15) is 23.2 Å². The highest BCUT2D eigenvalue weighted by atomic mass is 16.6. The van der Waals surface area contributed by atoms with Crippen LogP contribution in [0.2, 0.25) is 0 Å². The summed E-state index contributed by atoms with van der Waals surface area (Å²) in [5, 5.41) is 0. The van der Waals surface area contributed by atoms with Crippen LogP contribution in [-0.4, -0.2) is 32.5 Å². The third-order valence-electron chi connectivity index (χ3n) is 2.55. The molecular weight excluding hydrogens is 203 g/mol. The molecule has 2 radical (unpaired) electrons. The number of benzene rings is 1. The van der Waals surface area contributed by atoms with Gasteiger partial charge in [0.1, 0.15) is 14.5 Å². The lowest BCUT2D eigenvalue weighted by atomic mass is 9.97. The fourth-order valence-corrected chi connectivity index (χ4v) is 1.68. The predicted octanol–water partition coefficient (Wildman–Crippen LogP) is 1.52. The Hall–Kier alpha value is -1.29. The first-order valence-corrected chi connectivity index (χ1v) is 5.39. The fraction of sp³-hybridized carbons (Fsp3) is 0.417. The lowest BCUT2D eigenvalue weighted by molar-refractivity contribution is 0.00951. The normalized spacial score (nSPS) is 24.2. The van der Waals surface area contributed by atoms with Gasteiger partial charge in [0.15, 0.2) is 0 Å². The van der Waals surface area contributed by atoms with Crippen LogP contribution in [0.25, 0.3) is 0 Å². The van der Waals surface area contributed by atoms with Crippen molar-refractivity contribution in [3.05, 3.63) is 35.9 Å². The first-order valence-electron chi connectivity index (χ1n) is 5.39. The van der Waals surface area contributed by atoms with Crippen molar-refractivity contribution in [1.29, 1.82) is 0 Å². The predicted molar refractivity (Wildman–Crippen MR) is 60.4 cm³/mol. The summed E-state index contributed by atoms with van der Waals surface area (Å²) in [7, 11) is 5.58. The highest BCUT2D eigenvalue weighted by Crippen LogP contribution is 2.17. The zero-order valence-electron chi connectivity index (χ0n) is 8.96. The summed E-state index contributed by atoms with van der Waals surface area (Å²) in [6, 6.07) is 8.71.